The van der Waals surface area contributed by atoms with Crippen molar-refractivity contribution in [1.82, 2.24) is 20.6 Å². The van der Waals surface area contributed by atoms with Crippen LogP contribution in [0.1, 0.15) is 30.3 Å². The molecule has 1 aliphatic heterocycles. The van der Waals surface area contributed by atoms with Crippen LogP contribution in [0.2, 0.25) is 0 Å². The molecule has 2 heterocycles. The van der Waals surface area contributed by atoms with E-state index in [4.69, 9.17) is 0 Å². The van der Waals surface area contributed by atoms with Crippen LogP contribution in [0.25, 0.3) is 10.8 Å². The number of rotatable bonds is 4. The number of benzene rings is 1. The number of carbonyl (C=O) groups is 2. The highest BCUT2D eigenvalue weighted by molar-refractivity contribution is 7.91. The first-order valence-corrected chi connectivity index (χ1v) is 10.4. The molecule has 27 heavy (non-hydrogen) atoms. The normalized spacial score (nSPS) is 18.3. The molecule has 0 radical (unpaired) electrons. The molecule has 10 heteroatoms. The Morgan fingerprint density at radius 3 is 2.56 bits per heavy atom. The highest BCUT2D eigenvalue weighted by Gasteiger charge is 2.29. The van der Waals surface area contributed by atoms with E-state index in [-0.39, 0.29) is 35.1 Å². The average Bonchev–Trinajstić information content (AvgIpc) is 2.98. The van der Waals surface area contributed by atoms with E-state index in [0.717, 1.165) is 0 Å². The van der Waals surface area contributed by atoms with Crippen LogP contribution in [-0.2, 0) is 21.2 Å². The fourth-order valence-electron chi connectivity index (χ4n) is 3.15. The molecule has 1 aliphatic rings. The van der Waals surface area contributed by atoms with Crippen molar-refractivity contribution < 1.29 is 18.0 Å². The summed E-state index contributed by atoms with van der Waals surface area (Å²) in [5.41, 5.74) is 4.31. The molecule has 0 bridgehead atoms. The van der Waals surface area contributed by atoms with Gasteiger partial charge in [0.25, 0.3) is 11.5 Å². The lowest BCUT2D eigenvalue weighted by Crippen LogP contribution is -2.43. The van der Waals surface area contributed by atoms with Crippen LogP contribution < -0.4 is 16.4 Å². The van der Waals surface area contributed by atoms with Crippen molar-refractivity contribution in [2.24, 2.45) is 5.92 Å². The number of amides is 2. The molecule has 9 nitrogen and oxygen atoms in total. The highest BCUT2D eigenvalue weighted by atomic mass is 32.2. The predicted octanol–water partition coefficient (Wildman–Crippen LogP) is 0.00220. The zero-order chi connectivity index (χ0) is 19.6. The van der Waals surface area contributed by atoms with E-state index >= 15 is 0 Å². The second-order valence-electron chi connectivity index (χ2n) is 6.49. The Morgan fingerprint density at radius 1 is 1.22 bits per heavy atom. The van der Waals surface area contributed by atoms with Crippen molar-refractivity contribution in [3.63, 3.8) is 0 Å². The number of nitrogens with zero attached hydrogens (tertiary/aromatic N) is 2. The Kier molecular flexibility index (Phi) is 5.26. The third-order valence-corrected chi connectivity index (χ3v) is 6.34. The molecule has 1 saturated heterocycles. The molecule has 2 aromatic rings. The molecule has 1 aromatic carbocycles. The van der Waals surface area contributed by atoms with Crippen molar-refractivity contribution in [3.05, 3.63) is 40.3 Å². The van der Waals surface area contributed by atoms with Crippen LogP contribution in [0.15, 0.2) is 29.1 Å². The first-order chi connectivity index (χ1) is 12.8. The Balaban J connectivity index is 1.72. The van der Waals surface area contributed by atoms with Gasteiger partial charge in [-0.1, -0.05) is 18.2 Å². The minimum atomic E-state index is -3.06. The fourth-order valence-corrected chi connectivity index (χ4v) is 5.01. The largest absolute Gasteiger partial charge is 0.290 e. The summed E-state index contributed by atoms with van der Waals surface area (Å²) in [6.07, 6.45) is 0.458. The molecule has 1 atom stereocenters. The molecule has 0 saturated carbocycles. The van der Waals surface area contributed by atoms with Crippen LogP contribution >= 0.6 is 0 Å². The number of carbonyl (C=O) groups excluding carboxylic acids is 2. The molecule has 0 spiro atoms. The van der Waals surface area contributed by atoms with Gasteiger partial charge in [-0.2, -0.15) is 5.10 Å². The Hall–Kier alpha value is -2.75. The minimum Gasteiger partial charge on any atom is -0.273 e. The number of sulfone groups is 1. The summed E-state index contributed by atoms with van der Waals surface area (Å²) in [5.74, 6) is -1.29. The maximum absolute atomic E-state index is 12.5. The summed E-state index contributed by atoms with van der Waals surface area (Å²) in [6, 6.07) is 6.61. The number of hydrogen-bond donors (Lipinski definition) is 2. The summed E-state index contributed by atoms with van der Waals surface area (Å²) in [7, 11) is -3.06. The monoisotopic (exact) mass is 392 g/mol. The molecule has 2 N–H and O–H groups in total. The molecule has 1 fully saturated rings. The molecule has 3 rings (SSSR count). The average molecular weight is 392 g/mol. The molecular weight excluding hydrogens is 372 g/mol. The lowest BCUT2D eigenvalue weighted by molar-refractivity contribution is -0.122. The van der Waals surface area contributed by atoms with Crippen LogP contribution in [0.3, 0.4) is 0 Å². The van der Waals surface area contributed by atoms with Gasteiger partial charge in [0, 0.05) is 18.4 Å². The Morgan fingerprint density at radius 2 is 1.93 bits per heavy atom. The van der Waals surface area contributed by atoms with E-state index in [0.29, 0.717) is 23.7 Å². The van der Waals surface area contributed by atoms with Gasteiger partial charge in [-0.15, -0.1) is 0 Å². The predicted molar refractivity (Wildman–Crippen MR) is 98.7 cm³/mol. The zero-order valence-corrected chi connectivity index (χ0v) is 15.6. The molecule has 0 unspecified atom stereocenters. The third-order valence-electron chi connectivity index (χ3n) is 4.50. The van der Waals surface area contributed by atoms with Gasteiger partial charge in [-0.3, -0.25) is 25.2 Å². The molecule has 0 aliphatic carbocycles. The number of aryl methyl sites for hydroxylation is 1. The van der Waals surface area contributed by atoms with Crippen LogP contribution in [0.4, 0.5) is 0 Å². The topological polar surface area (TPSA) is 127 Å². The van der Waals surface area contributed by atoms with Gasteiger partial charge >= 0.3 is 0 Å². The van der Waals surface area contributed by atoms with Gasteiger partial charge in [-0.25, -0.2) is 13.1 Å². The number of nitrogens with one attached hydrogen (secondary N) is 2. The van der Waals surface area contributed by atoms with Crippen molar-refractivity contribution in [2.45, 2.75) is 26.3 Å². The smallest absolute Gasteiger partial charge is 0.273 e. The second-order valence-corrected chi connectivity index (χ2v) is 8.72. The number of hydrazine groups is 1. The number of fused-ring (bicyclic) bond motifs is 1. The lowest BCUT2D eigenvalue weighted by Gasteiger charge is -2.12. The van der Waals surface area contributed by atoms with Gasteiger partial charge < -0.3 is 0 Å². The number of hydrogen-bond acceptors (Lipinski definition) is 6. The summed E-state index contributed by atoms with van der Waals surface area (Å²) in [5, 5.41) is 4.83. The fraction of sp³-hybridized carbons (Fsp3) is 0.412. The van der Waals surface area contributed by atoms with Crippen LogP contribution in [0.5, 0.6) is 0 Å². The van der Waals surface area contributed by atoms with E-state index in [9.17, 15) is 22.8 Å². The van der Waals surface area contributed by atoms with E-state index in [1.54, 1.807) is 31.2 Å². The number of aromatic nitrogens is 2. The quantitative estimate of drug-likeness (QED) is 0.705. The second kappa shape index (κ2) is 7.47. The van der Waals surface area contributed by atoms with Gasteiger partial charge in [0.05, 0.1) is 16.9 Å². The van der Waals surface area contributed by atoms with Gasteiger partial charge in [0.2, 0.25) is 5.91 Å². The van der Waals surface area contributed by atoms with E-state index in [1.807, 2.05) is 0 Å². The van der Waals surface area contributed by atoms with Crippen molar-refractivity contribution >= 4 is 32.4 Å². The molecular formula is C17H20N4O5S. The summed E-state index contributed by atoms with van der Waals surface area (Å²) >= 11 is 0. The van der Waals surface area contributed by atoms with E-state index in [2.05, 4.69) is 16.0 Å². The Bertz CT molecular complexity index is 1060. The summed E-state index contributed by atoms with van der Waals surface area (Å²) < 4.78 is 24.1. The maximum Gasteiger partial charge on any atom is 0.290 e. The van der Waals surface area contributed by atoms with Crippen LogP contribution in [0, 0.1) is 5.92 Å². The van der Waals surface area contributed by atoms with E-state index < -0.39 is 21.7 Å². The van der Waals surface area contributed by atoms with E-state index in [1.165, 1.54) is 4.68 Å². The lowest BCUT2D eigenvalue weighted by atomic mass is 10.1. The molecule has 144 valence electrons. The summed E-state index contributed by atoms with van der Waals surface area (Å²) in [6.45, 7) is 2.04. The van der Waals surface area contributed by atoms with Gasteiger partial charge in [0.1, 0.15) is 0 Å². The maximum atomic E-state index is 12.5. The molecule has 1 aromatic heterocycles. The zero-order valence-electron chi connectivity index (χ0n) is 14.8. The van der Waals surface area contributed by atoms with Crippen molar-refractivity contribution in [1.29, 1.82) is 0 Å². The first kappa shape index (κ1) is 19.0. The van der Waals surface area contributed by atoms with Gasteiger partial charge in [-0.05, 0) is 25.3 Å². The first-order valence-electron chi connectivity index (χ1n) is 8.60. The minimum absolute atomic E-state index is 0.0119. The standard InChI is InChI=1S/C17H20N4O5S/c1-2-21-17(24)13-6-4-3-5-12(13)15(20-21)16(23)19-18-14(22)9-11-7-8-27(25,26)10-11/h3-6,11H,2,7-10H2,1H3,(H,18,22)(H,19,23)/t11-/m1/s1. The molecule has 2 amide bonds. The SMILES string of the molecule is CCn1nc(C(=O)NNC(=O)C[C@H]2CCS(=O)(=O)C2)c2ccccc2c1=O. The van der Waals surface area contributed by atoms with Crippen LogP contribution in [-0.4, -0.2) is 41.5 Å². The highest BCUT2D eigenvalue weighted by Crippen LogP contribution is 2.21. The third kappa shape index (κ3) is 4.16. The summed E-state index contributed by atoms with van der Waals surface area (Å²) in [4.78, 5) is 36.8. The van der Waals surface area contributed by atoms with Gasteiger partial charge in [0.15, 0.2) is 15.5 Å². The van der Waals surface area contributed by atoms with Crippen molar-refractivity contribution in [2.75, 3.05) is 11.5 Å². The Labute approximate surface area is 155 Å². The van der Waals surface area contributed by atoms with Crippen molar-refractivity contribution in [3.8, 4) is 0 Å².